The van der Waals surface area contributed by atoms with Gasteiger partial charge in [0.05, 0.1) is 0 Å². The highest BCUT2D eigenvalue weighted by atomic mass is 14.5. The maximum absolute atomic E-state index is 2.33. The zero-order valence-corrected chi connectivity index (χ0v) is 8.64. The molecular weight excluding hydrogens is 156 g/mol. The summed E-state index contributed by atoms with van der Waals surface area (Å²) in [7, 11) is 0. The number of hydrogen-bond donors (Lipinski definition) is 0. The molecule has 1 fully saturated rings. The van der Waals surface area contributed by atoms with Gasteiger partial charge in [-0.25, -0.2) is 0 Å². The van der Waals surface area contributed by atoms with E-state index in [1.807, 2.05) is 0 Å². The summed E-state index contributed by atoms with van der Waals surface area (Å²) in [5, 5.41) is 0. The molecule has 0 spiro atoms. The van der Waals surface area contributed by atoms with Gasteiger partial charge in [-0.1, -0.05) is 38.1 Å². The molecule has 1 aliphatic rings. The normalized spacial score (nSPS) is 18.6. The third-order valence-electron chi connectivity index (χ3n) is 3.50. The van der Waals surface area contributed by atoms with Crippen molar-refractivity contribution in [1.82, 2.24) is 0 Å². The molecule has 1 aromatic carbocycles. The van der Waals surface area contributed by atoms with Crippen molar-refractivity contribution >= 4 is 0 Å². The first kappa shape index (κ1) is 8.80. The summed E-state index contributed by atoms with van der Waals surface area (Å²) in [6, 6.07) is 9.22. The monoisotopic (exact) mass is 174 g/mol. The molecule has 0 nitrogen and oxygen atoms in total. The van der Waals surface area contributed by atoms with Crippen molar-refractivity contribution in [3.8, 4) is 0 Å². The first-order chi connectivity index (χ1) is 6.30. The van der Waals surface area contributed by atoms with Crippen LogP contribution in [0.3, 0.4) is 0 Å². The second kappa shape index (κ2) is 3.17. The van der Waals surface area contributed by atoms with Crippen LogP contribution >= 0.6 is 0 Å². The summed E-state index contributed by atoms with van der Waals surface area (Å²) in [6.45, 7) is 4.52. The van der Waals surface area contributed by atoms with E-state index >= 15 is 0 Å². The van der Waals surface area contributed by atoms with Crippen molar-refractivity contribution in [2.75, 3.05) is 0 Å². The van der Waals surface area contributed by atoms with Crippen LogP contribution in [0.25, 0.3) is 0 Å². The Morgan fingerprint density at radius 3 is 2.08 bits per heavy atom. The maximum atomic E-state index is 2.33. The van der Waals surface area contributed by atoms with Gasteiger partial charge in [-0.2, -0.15) is 0 Å². The minimum Gasteiger partial charge on any atom is -0.0645 e. The van der Waals surface area contributed by atoms with Crippen molar-refractivity contribution in [3.05, 3.63) is 35.4 Å². The van der Waals surface area contributed by atoms with Crippen molar-refractivity contribution in [2.24, 2.45) is 0 Å². The molecular formula is C13H18. The van der Waals surface area contributed by atoms with Crippen molar-refractivity contribution in [3.63, 3.8) is 0 Å². The van der Waals surface area contributed by atoms with Crippen LogP contribution in [0.15, 0.2) is 24.3 Å². The predicted molar refractivity (Wildman–Crippen MR) is 57.0 cm³/mol. The fraction of sp³-hybridized carbons (Fsp3) is 0.538. The quantitative estimate of drug-likeness (QED) is 0.655. The van der Waals surface area contributed by atoms with Crippen LogP contribution in [0.1, 0.15) is 44.2 Å². The second-order valence-corrected chi connectivity index (χ2v) is 4.18. The minimum absolute atomic E-state index is 0.576. The summed E-state index contributed by atoms with van der Waals surface area (Å²) in [6.07, 6.45) is 5.25. The third-order valence-corrected chi connectivity index (χ3v) is 3.50. The molecule has 0 saturated heterocycles. The van der Waals surface area contributed by atoms with Crippen LogP contribution in [0.5, 0.6) is 0 Å². The molecule has 0 bridgehead atoms. The Hall–Kier alpha value is -0.780. The average Bonchev–Trinajstić information content (AvgIpc) is 2.99. The zero-order valence-electron chi connectivity index (χ0n) is 8.64. The number of aryl methyl sites for hydroxylation is 1. The van der Waals surface area contributed by atoms with E-state index in [1.54, 1.807) is 5.56 Å². The lowest BCUT2D eigenvalue weighted by Gasteiger charge is -2.12. The minimum atomic E-state index is 0.576. The molecule has 1 aromatic rings. The topological polar surface area (TPSA) is 0 Å². The second-order valence-electron chi connectivity index (χ2n) is 4.18. The number of rotatable bonds is 3. The van der Waals surface area contributed by atoms with Gasteiger partial charge >= 0.3 is 0 Å². The summed E-state index contributed by atoms with van der Waals surface area (Å²) >= 11 is 0. The van der Waals surface area contributed by atoms with E-state index < -0.39 is 0 Å². The molecule has 1 saturated carbocycles. The molecule has 0 atom stereocenters. The molecule has 0 unspecified atom stereocenters. The molecule has 70 valence electrons. The van der Waals surface area contributed by atoms with Gasteiger partial charge in [0.15, 0.2) is 0 Å². The van der Waals surface area contributed by atoms with E-state index in [9.17, 15) is 0 Å². The molecule has 0 aromatic heterocycles. The SMILES string of the molecule is CCc1ccc(C2(CC)CC2)cc1. The van der Waals surface area contributed by atoms with Gasteiger partial charge in [0, 0.05) is 0 Å². The van der Waals surface area contributed by atoms with Crippen molar-refractivity contribution in [2.45, 2.75) is 44.9 Å². The summed E-state index contributed by atoms with van der Waals surface area (Å²) in [5.74, 6) is 0. The standard InChI is InChI=1S/C13H18/c1-3-11-5-7-12(8-6-11)13(4-2)9-10-13/h5-8H,3-4,9-10H2,1-2H3. The van der Waals surface area contributed by atoms with Crippen LogP contribution in [0.2, 0.25) is 0 Å². The Balaban J connectivity index is 2.23. The van der Waals surface area contributed by atoms with E-state index in [4.69, 9.17) is 0 Å². The van der Waals surface area contributed by atoms with Gasteiger partial charge in [0.1, 0.15) is 0 Å². The lowest BCUT2D eigenvalue weighted by Crippen LogP contribution is -2.03. The molecule has 0 aliphatic heterocycles. The Morgan fingerprint density at radius 1 is 1.08 bits per heavy atom. The van der Waals surface area contributed by atoms with Gasteiger partial charge in [0.25, 0.3) is 0 Å². The Labute approximate surface area is 81.0 Å². The number of hydrogen-bond acceptors (Lipinski definition) is 0. The van der Waals surface area contributed by atoms with Gasteiger partial charge < -0.3 is 0 Å². The highest BCUT2D eigenvalue weighted by Crippen LogP contribution is 2.50. The van der Waals surface area contributed by atoms with Crippen LogP contribution in [-0.4, -0.2) is 0 Å². The Bertz CT molecular complexity index is 277. The molecule has 1 aliphatic carbocycles. The average molecular weight is 174 g/mol. The summed E-state index contributed by atoms with van der Waals surface area (Å²) in [4.78, 5) is 0. The molecule has 0 N–H and O–H groups in total. The third kappa shape index (κ3) is 1.50. The zero-order chi connectivity index (χ0) is 9.31. The highest BCUT2D eigenvalue weighted by Gasteiger charge is 2.41. The van der Waals surface area contributed by atoms with Crippen molar-refractivity contribution < 1.29 is 0 Å². The van der Waals surface area contributed by atoms with Crippen LogP contribution in [0.4, 0.5) is 0 Å². The largest absolute Gasteiger partial charge is 0.0645 e. The van der Waals surface area contributed by atoms with Gasteiger partial charge in [0.2, 0.25) is 0 Å². The Kier molecular flexibility index (Phi) is 2.15. The molecule has 2 rings (SSSR count). The van der Waals surface area contributed by atoms with E-state index in [1.165, 1.54) is 24.8 Å². The van der Waals surface area contributed by atoms with E-state index in [2.05, 4.69) is 38.1 Å². The molecule has 0 heteroatoms. The number of benzene rings is 1. The van der Waals surface area contributed by atoms with E-state index in [0.29, 0.717) is 5.41 Å². The van der Waals surface area contributed by atoms with Gasteiger partial charge in [-0.05, 0) is 42.2 Å². The lowest BCUT2D eigenvalue weighted by molar-refractivity contribution is 0.664. The van der Waals surface area contributed by atoms with E-state index in [-0.39, 0.29) is 0 Å². The van der Waals surface area contributed by atoms with Crippen molar-refractivity contribution in [1.29, 1.82) is 0 Å². The van der Waals surface area contributed by atoms with E-state index in [0.717, 1.165) is 6.42 Å². The fourth-order valence-electron chi connectivity index (χ4n) is 2.09. The van der Waals surface area contributed by atoms with Crippen LogP contribution in [0, 0.1) is 0 Å². The Morgan fingerprint density at radius 2 is 1.69 bits per heavy atom. The van der Waals surface area contributed by atoms with Gasteiger partial charge in [-0.15, -0.1) is 0 Å². The molecule has 13 heavy (non-hydrogen) atoms. The smallest absolute Gasteiger partial charge is 0.00489 e. The fourth-order valence-corrected chi connectivity index (χ4v) is 2.09. The van der Waals surface area contributed by atoms with Crippen LogP contribution < -0.4 is 0 Å². The molecule has 0 amide bonds. The lowest BCUT2D eigenvalue weighted by atomic mass is 9.92. The van der Waals surface area contributed by atoms with Gasteiger partial charge in [-0.3, -0.25) is 0 Å². The van der Waals surface area contributed by atoms with Crippen LogP contribution in [-0.2, 0) is 11.8 Å². The molecule has 0 radical (unpaired) electrons. The summed E-state index contributed by atoms with van der Waals surface area (Å²) < 4.78 is 0. The molecule has 0 heterocycles. The predicted octanol–water partition coefficient (Wildman–Crippen LogP) is 3.69. The highest BCUT2D eigenvalue weighted by molar-refractivity contribution is 5.33. The first-order valence-electron chi connectivity index (χ1n) is 5.40. The summed E-state index contributed by atoms with van der Waals surface area (Å²) in [5.41, 5.74) is 3.59. The first-order valence-corrected chi connectivity index (χ1v) is 5.40. The maximum Gasteiger partial charge on any atom is -0.00489 e.